The molecule has 0 spiro atoms. The molecular formula is C9H8F3LiO. The van der Waals surface area contributed by atoms with Crippen LogP contribution in [0.15, 0.2) is 18.2 Å². The van der Waals surface area contributed by atoms with E-state index in [1.165, 1.54) is 29.8 Å². The third-order valence-corrected chi connectivity index (χ3v) is 1.89. The van der Waals surface area contributed by atoms with E-state index in [9.17, 15) is 13.2 Å². The van der Waals surface area contributed by atoms with Crippen LogP contribution in [0.5, 0.6) is 5.75 Å². The van der Waals surface area contributed by atoms with Crippen LogP contribution in [0.4, 0.5) is 13.2 Å². The number of halogens is 3. The summed E-state index contributed by atoms with van der Waals surface area (Å²) in [4.78, 5) is 0. The van der Waals surface area contributed by atoms with Crippen LogP contribution in [0.2, 0.25) is 0 Å². The molecule has 0 atom stereocenters. The SMILES string of the molecule is [Li][c]1c(OCC)cccc1C(F)(F)F. The Hall–Kier alpha value is -0.593. The average Bonchev–Trinajstić information content (AvgIpc) is 2.07. The number of rotatable bonds is 2. The van der Waals surface area contributed by atoms with Gasteiger partial charge >= 0.3 is 89.1 Å². The predicted molar refractivity (Wildman–Crippen MR) is 48.0 cm³/mol. The number of benzene rings is 1. The van der Waals surface area contributed by atoms with Crippen molar-refractivity contribution in [3.05, 3.63) is 23.8 Å². The van der Waals surface area contributed by atoms with Crippen LogP contribution in [0.25, 0.3) is 0 Å². The number of hydrogen-bond donors (Lipinski definition) is 0. The van der Waals surface area contributed by atoms with E-state index in [-0.39, 0.29) is 4.24 Å². The fourth-order valence-electron chi connectivity index (χ4n) is 1.23. The second kappa shape index (κ2) is 4.29. The van der Waals surface area contributed by atoms with Gasteiger partial charge in [0.25, 0.3) is 0 Å². The summed E-state index contributed by atoms with van der Waals surface area (Å²) in [6, 6.07) is 3.94. The first-order valence-corrected chi connectivity index (χ1v) is 4.26. The van der Waals surface area contributed by atoms with Gasteiger partial charge < -0.3 is 0 Å². The fourth-order valence-corrected chi connectivity index (χ4v) is 1.23. The van der Waals surface area contributed by atoms with Crippen molar-refractivity contribution in [2.45, 2.75) is 13.1 Å². The second-order valence-corrected chi connectivity index (χ2v) is 2.86. The van der Waals surface area contributed by atoms with Crippen LogP contribution in [-0.2, 0) is 6.18 Å². The summed E-state index contributed by atoms with van der Waals surface area (Å²) in [6.07, 6.45) is -4.31. The summed E-state index contributed by atoms with van der Waals surface area (Å²) in [5, 5.41) is 0. The molecular weight excluding hydrogens is 188 g/mol. The molecule has 5 heteroatoms. The zero-order valence-electron chi connectivity index (χ0n) is 7.98. The molecule has 1 aromatic carbocycles. The summed E-state index contributed by atoms with van der Waals surface area (Å²) in [6.45, 7) is 2.10. The van der Waals surface area contributed by atoms with E-state index in [4.69, 9.17) is 4.74 Å². The van der Waals surface area contributed by atoms with Crippen LogP contribution in [0.1, 0.15) is 12.5 Å². The molecule has 0 N–H and O–H groups in total. The summed E-state index contributed by atoms with van der Waals surface area (Å²) >= 11 is 1.41. The van der Waals surface area contributed by atoms with Gasteiger partial charge in [0, 0.05) is 0 Å². The number of alkyl halides is 3. The Labute approximate surface area is 89.5 Å². The van der Waals surface area contributed by atoms with Gasteiger partial charge in [0.05, 0.1) is 0 Å². The summed E-state index contributed by atoms with van der Waals surface area (Å²) < 4.78 is 42.5. The first-order chi connectivity index (χ1) is 6.46. The van der Waals surface area contributed by atoms with E-state index in [0.29, 0.717) is 12.4 Å². The molecule has 72 valence electrons. The molecule has 0 saturated heterocycles. The Morgan fingerprint density at radius 3 is 2.50 bits per heavy atom. The van der Waals surface area contributed by atoms with Crippen LogP contribution < -0.4 is 8.97 Å². The molecule has 0 radical (unpaired) electrons. The zero-order chi connectivity index (χ0) is 10.8. The molecule has 0 aliphatic rings. The van der Waals surface area contributed by atoms with E-state index < -0.39 is 11.7 Å². The molecule has 0 amide bonds. The average molecular weight is 196 g/mol. The van der Waals surface area contributed by atoms with Crippen LogP contribution in [0, 0.1) is 0 Å². The van der Waals surface area contributed by atoms with Crippen molar-refractivity contribution in [1.29, 1.82) is 0 Å². The maximum atomic E-state index is 12.4. The minimum absolute atomic E-state index is 0.141. The van der Waals surface area contributed by atoms with Crippen molar-refractivity contribution in [1.82, 2.24) is 0 Å². The van der Waals surface area contributed by atoms with Crippen molar-refractivity contribution < 1.29 is 17.9 Å². The zero-order valence-corrected chi connectivity index (χ0v) is 7.98. The Bertz CT molecular complexity index is 322. The molecule has 1 aromatic rings. The molecule has 0 aromatic heterocycles. The van der Waals surface area contributed by atoms with E-state index in [2.05, 4.69) is 0 Å². The van der Waals surface area contributed by atoms with Gasteiger partial charge in [-0.25, -0.2) is 0 Å². The topological polar surface area (TPSA) is 9.23 Å². The third-order valence-electron chi connectivity index (χ3n) is 1.89. The first kappa shape index (κ1) is 11.5. The van der Waals surface area contributed by atoms with Crippen molar-refractivity contribution in [3.8, 4) is 5.75 Å². The van der Waals surface area contributed by atoms with Gasteiger partial charge in [-0.2, -0.15) is 0 Å². The molecule has 0 saturated carbocycles. The van der Waals surface area contributed by atoms with Crippen molar-refractivity contribution >= 4 is 22.0 Å². The summed E-state index contributed by atoms with van der Waals surface area (Å²) in [5.41, 5.74) is -0.636. The van der Waals surface area contributed by atoms with Crippen molar-refractivity contribution in [3.63, 3.8) is 0 Å². The molecule has 0 fully saturated rings. The monoisotopic (exact) mass is 196 g/mol. The van der Waals surface area contributed by atoms with Crippen LogP contribution in [-0.4, -0.2) is 24.3 Å². The van der Waals surface area contributed by atoms with Crippen molar-refractivity contribution in [2.24, 2.45) is 0 Å². The molecule has 0 aliphatic carbocycles. The van der Waals surface area contributed by atoms with E-state index >= 15 is 0 Å². The summed E-state index contributed by atoms with van der Waals surface area (Å²) in [5.74, 6) is 0.294. The Kier molecular flexibility index (Phi) is 3.52. The minimum atomic E-state index is -4.31. The Morgan fingerprint density at radius 2 is 2.00 bits per heavy atom. The Balaban J connectivity index is 3.14. The fraction of sp³-hybridized carbons (Fsp3) is 0.333. The molecule has 0 heterocycles. The molecule has 0 unspecified atom stereocenters. The maximum absolute atomic E-state index is 12.4. The molecule has 1 nitrogen and oxygen atoms in total. The van der Waals surface area contributed by atoms with Gasteiger partial charge in [-0.1, -0.05) is 0 Å². The molecule has 0 bridgehead atoms. The second-order valence-electron chi connectivity index (χ2n) is 2.86. The number of ether oxygens (including phenoxy) is 1. The molecule has 0 aliphatic heterocycles. The van der Waals surface area contributed by atoms with Crippen molar-refractivity contribution in [2.75, 3.05) is 6.61 Å². The van der Waals surface area contributed by atoms with Crippen LogP contribution in [0.3, 0.4) is 0 Å². The first-order valence-electron chi connectivity index (χ1n) is 4.26. The van der Waals surface area contributed by atoms with Crippen LogP contribution >= 0.6 is 0 Å². The standard InChI is InChI=1S/C9H8F3O.Li/c1-2-13-8-5-3-4-7(6-8)9(10,11)12;/h3-5H,2H2,1H3;. The Morgan fingerprint density at radius 1 is 1.36 bits per heavy atom. The van der Waals surface area contributed by atoms with Gasteiger partial charge in [0.2, 0.25) is 0 Å². The van der Waals surface area contributed by atoms with Gasteiger partial charge in [0.1, 0.15) is 0 Å². The summed E-state index contributed by atoms with van der Waals surface area (Å²) in [7, 11) is 0. The normalized spacial score (nSPS) is 11.6. The molecule has 1 rings (SSSR count). The number of hydrogen-bond acceptors (Lipinski definition) is 1. The van der Waals surface area contributed by atoms with Gasteiger partial charge in [0.15, 0.2) is 0 Å². The predicted octanol–water partition coefficient (Wildman–Crippen LogP) is 1.90. The van der Waals surface area contributed by atoms with E-state index in [1.54, 1.807) is 6.92 Å². The van der Waals surface area contributed by atoms with E-state index in [0.717, 1.165) is 6.07 Å². The van der Waals surface area contributed by atoms with E-state index in [1.807, 2.05) is 0 Å². The third kappa shape index (κ3) is 2.46. The van der Waals surface area contributed by atoms with Gasteiger partial charge in [-0.05, 0) is 0 Å². The van der Waals surface area contributed by atoms with Gasteiger partial charge in [-0.15, -0.1) is 0 Å². The van der Waals surface area contributed by atoms with Gasteiger partial charge in [-0.3, -0.25) is 0 Å². The quantitative estimate of drug-likeness (QED) is 0.656. The molecule has 14 heavy (non-hydrogen) atoms.